The second-order valence-electron chi connectivity index (χ2n) is 4.60. The van der Waals surface area contributed by atoms with Crippen LogP contribution < -0.4 is 0 Å². The zero-order chi connectivity index (χ0) is 20.0. The van der Waals surface area contributed by atoms with E-state index < -0.39 is 46.6 Å². The third kappa shape index (κ3) is 1.71. The molecule has 0 saturated heterocycles. The third-order valence-electron chi connectivity index (χ3n) is 3.23. The monoisotopic (exact) mass is 416 g/mol. The molecule has 0 unspecified atom stereocenters. The minimum Gasteiger partial charge on any atom is -0.223 e. The van der Waals surface area contributed by atoms with Crippen molar-refractivity contribution in [2.75, 3.05) is 0 Å². The predicted octanol–water partition coefficient (Wildman–Crippen LogP) is 5.35. The van der Waals surface area contributed by atoms with Crippen molar-refractivity contribution in [2.24, 2.45) is 0 Å². The van der Waals surface area contributed by atoms with Crippen LogP contribution in [-0.2, 0) is 0 Å². The molecule has 0 heterocycles. The van der Waals surface area contributed by atoms with E-state index in [0.717, 1.165) is 0 Å². The van der Waals surface area contributed by atoms with Gasteiger partial charge >= 0.3 is 46.6 Å². The summed E-state index contributed by atoms with van der Waals surface area (Å²) in [7, 11) is 0. The van der Waals surface area contributed by atoms with Crippen molar-refractivity contribution in [1.82, 2.24) is 0 Å². The minimum absolute atomic E-state index is 3.60. The Kier molecular flexibility index (Phi) is 3.99. The lowest BCUT2D eigenvalue weighted by Crippen LogP contribution is -2.88. The third-order valence-corrected chi connectivity index (χ3v) is 3.71. The highest BCUT2D eigenvalue weighted by Gasteiger charge is 3.06. The number of rotatable bonds is 1. The Balaban J connectivity index is 4.04. The average Bonchev–Trinajstić information content (AvgIpc) is 2.33. The lowest BCUT2D eigenvalue weighted by atomic mass is 9.69. The first-order chi connectivity index (χ1) is 10.0. The molecule has 0 amide bonds. The molecule has 144 valence electrons. The highest BCUT2D eigenvalue weighted by Crippen LogP contribution is 2.74. The molecule has 0 aliphatic heterocycles. The summed E-state index contributed by atoms with van der Waals surface area (Å²) < 4.78 is 193. The summed E-state index contributed by atoms with van der Waals surface area (Å²) in [5.74, 6) is -39.4. The van der Waals surface area contributed by atoms with E-state index in [4.69, 9.17) is 0 Å². The van der Waals surface area contributed by atoms with Gasteiger partial charge < -0.3 is 0 Å². The van der Waals surface area contributed by atoms with Gasteiger partial charge in [0.1, 0.15) is 0 Å². The van der Waals surface area contributed by atoms with Crippen molar-refractivity contribution in [3.8, 4) is 0 Å². The van der Waals surface area contributed by atoms with Gasteiger partial charge in [-0.25, -0.2) is 8.78 Å². The molecule has 1 aliphatic carbocycles. The van der Waals surface area contributed by atoms with Crippen molar-refractivity contribution in [3.05, 3.63) is 0 Å². The van der Waals surface area contributed by atoms with E-state index in [1.807, 2.05) is 0 Å². The zero-order valence-electron chi connectivity index (χ0n) is 10.0. The van der Waals surface area contributed by atoms with Crippen LogP contribution in [0.3, 0.4) is 0 Å². The van der Waals surface area contributed by atoms with E-state index in [9.17, 15) is 65.9 Å². The van der Waals surface area contributed by atoms with Crippen molar-refractivity contribution in [1.29, 1.82) is 0 Å². The molecule has 24 heavy (non-hydrogen) atoms. The standard InChI is InChI=1S/C8ClF15/c9-2(11)6(18,19)3(12,13)1(10,4(14,15)7(2,20)21)5(16,17)8(22,23)24. The fraction of sp³-hybridized carbons (Fsp3) is 1.00. The lowest BCUT2D eigenvalue weighted by molar-refractivity contribution is -0.493. The molecule has 0 aromatic rings. The second kappa shape index (κ2) is 4.50. The van der Waals surface area contributed by atoms with Gasteiger partial charge in [0.05, 0.1) is 0 Å². The second-order valence-corrected chi connectivity index (χ2v) is 5.12. The molecule has 1 rings (SSSR count). The maximum absolute atomic E-state index is 13.6. The molecular weight excluding hydrogens is 417 g/mol. The van der Waals surface area contributed by atoms with E-state index in [0.29, 0.717) is 0 Å². The van der Waals surface area contributed by atoms with Gasteiger partial charge in [0.2, 0.25) is 0 Å². The summed E-state index contributed by atoms with van der Waals surface area (Å²) in [4.78, 5) is 0. The number of halogens is 16. The van der Waals surface area contributed by atoms with Crippen molar-refractivity contribution >= 4 is 11.6 Å². The van der Waals surface area contributed by atoms with Crippen LogP contribution in [0.25, 0.3) is 0 Å². The highest BCUT2D eigenvalue weighted by atomic mass is 35.5. The molecule has 0 aromatic carbocycles. The van der Waals surface area contributed by atoms with Crippen LogP contribution in [-0.4, -0.2) is 46.6 Å². The van der Waals surface area contributed by atoms with Gasteiger partial charge in [-0.05, 0) is 0 Å². The molecule has 0 radical (unpaired) electrons. The van der Waals surface area contributed by atoms with Gasteiger partial charge in [-0.1, -0.05) is 11.6 Å². The molecular formula is C8ClF15. The van der Waals surface area contributed by atoms with Crippen LogP contribution in [0, 0.1) is 0 Å². The summed E-state index contributed by atoms with van der Waals surface area (Å²) in [6.45, 7) is 0. The summed E-state index contributed by atoms with van der Waals surface area (Å²) in [6, 6.07) is 0. The lowest BCUT2D eigenvalue weighted by Gasteiger charge is -2.54. The van der Waals surface area contributed by atoms with Crippen molar-refractivity contribution in [3.63, 3.8) is 0 Å². The molecule has 0 aromatic heterocycles. The smallest absolute Gasteiger partial charge is 0.223 e. The summed E-state index contributed by atoms with van der Waals surface area (Å²) in [5, 5.41) is -6.90. The number of hydrogen-bond acceptors (Lipinski definition) is 0. The topological polar surface area (TPSA) is 0 Å². The van der Waals surface area contributed by atoms with E-state index in [1.54, 1.807) is 0 Å². The maximum Gasteiger partial charge on any atom is 0.457 e. The Morgan fingerprint density at radius 3 is 0.958 bits per heavy atom. The van der Waals surface area contributed by atoms with Gasteiger partial charge in [-0.2, -0.15) is 57.1 Å². The normalized spacial score (nSPS) is 38.0. The Morgan fingerprint density at radius 1 is 0.500 bits per heavy atom. The first-order valence-electron chi connectivity index (χ1n) is 5.02. The Morgan fingerprint density at radius 2 is 0.750 bits per heavy atom. The Labute approximate surface area is 125 Å². The number of alkyl halides is 16. The Bertz CT molecular complexity index is 498. The van der Waals surface area contributed by atoms with Crippen molar-refractivity contribution in [2.45, 2.75) is 46.6 Å². The molecule has 16 heteroatoms. The fourth-order valence-corrected chi connectivity index (χ4v) is 2.05. The molecule has 0 atom stereocenters. The molecule has 0 N–H and O–H groups in total. The quantitative estimate of drug-likeness (QED) is 0.399. The average molecular weight is 417 g/mol. The van der Waals surface area contributed by atoms with Gasteiger partial charge in [0.25, 0.3) is 0 Å². The van der Waals surface area contributed by atoms with Crippen LogP contribution in [0.4, 0.5) is 65.9 Å². The minimum atomic E-state index is -8.28. The zero-order valence-corrected chi connectivity index (χ0v) is 10.8. The molecule has 1 fully saturated rings. The largest absolute Gasteiger partial charge is 0.457 e. The highest BCUT2D eigenvalue weighted by molar-refractivity contribution is 6.24. The van der Waals surface area contributed by atoms with Crippen LogP contribution in [0.2, 0.25) is 0 Å². The van der Waals surface area contributed by atoms with Gasteiger partial charge in [0, 0.05) is 0 Å². The van der Waals surface area contributed by atoms with Crippen LogP contribution in [0.1, 0.15) is 0 Å². The van der Waals surface area contributed by atoms with Gasteiger partial charge in [-0.15, -0.1) is 0 Å². The van der Waals surface area contributed by atoms with E-state index >= 15 is 0 Å². The van der Waals surface area contributed by atoms with Gasteiger partial charge in [0.15, 0.2) is 0 Å². The SMILES string of the molecule is FC(F)(F)C(F)(F)C1(F)C(F)(F)C(F)(F)C(F)(Cl)C(F)(F)C1(F)F. The summed E-state index contributed by atoms with van der Waals surface area (Å²) in [6.07, 6.45) is -7.76. The maximum atomic E-state index is 13.6. The summed E-state index contributed by atoms with van der Waals surface area (Å²) in [5.41, 5.74) is -8.28. The molecule has 0 spiro atoms. The van der Waals surface area contributed by atoms with Gasteiger partial charge in [-0.3, -0.25) is 0 Å². The van der Waals surface area contributed by atoms with Crippen LogP contribution in [0.5, 0.6) is 0 Å². The Hall–Kier alpha value is -0.760. The van der Waals surface area contributed by atoms with Crippen LogP contribution >= 0.6 is 11.6 Å². The predicted molar refractivity (Wildman–Crippen MR) is 44.3 cm³/mol. The molecule has 1 aliphatic rings. The first-order valence-corrected chi connectivity index (χ1v) is 5.40. The first kappa shape index (κ1) is 21.3. The molecule has 0 bridgehead atoms. The van der Waals surface area contributed by atoms with Crippen molar-refractivity contribution < 1.29 is 65.9 Å². The summed E-state index contributed by atoms with van der Waals surface area (Å²) >= 11 is 3.60. The number of hydrogen-bond donors (Lipinski definition) is 0. The van der Waals surface area contributed by atoms with E-state index in [-0.39, 0.29) is 0 Å². The molecule has 0 nitrogen and oxygen atoms in total. The van der Waals surface area contributed by atoms with E-state index in [2.05, 4.69) is 11.6 Å². The van der Waals surface area contributed by atoms with E-state index in [1.165, 1.54) is 0 Å². The van der Waals surface area contributed by atoms with Crippen LogP contribution in [0.15, 0.2) is 0 Å². The fourth-order valence-electron chi connectivity index (χ4n) is 1.81. The molecule has 1 saturated carbocycles.